The van der Waals surface area contributed by atoms with Crippen LogP contribution in [0, 0.1) is 44.6 Å². The molecule has 6 fully saturated rings. The summed E-state index contributed by atoms with van der Waals surface area (Å²) in [6.45, 7) is 30.5. The average molecular weight is 1710 g/mol. The molecule has 0 saturated carbocycles. The fraction of sp³-hybridized carbons (Fsp3) is 0.484. The Morgan fingerprint density at radius 3 is 1.07 bits per heavy atom. The third-order valence-electron chi connectivity index (χ3n) is 25.5. The molecule has 31 heteroatoms. The normalized spacial score (nSPS) is 18.1. The molecule has 0 radical (unpaired) electrons. The first-order chi connectivity index (χ1) is 56.6. The molecule has 684 valence electrons. The summed E-state index contributed by atoms with van der Waals surface area (Å²) in [5.41, 5.74) is 47.6. The van der Waals surface area contributed by atoms with Gasteiger partial charge in [-0.1, -0.05) is 43.3 Å². The molecule has 6 aliphatic rings. The summed E-state index contributed by atoms with van der Waals surface area (Å²) in [5, 5.41) is 37.5. The monoisotopic (exact) mass is 1710 g/mol. The number of rotatable bonds is 19. The topological polar surface area (TPSA) is 309 Å². The Balaban J connectivity index is 0.000000203. The lowest BCUT2D eigenvalue weighted by atomic mass is 10.1. The Labute approximate surface area is 742 Å². The van der Waals surface area contributed by atoms with Crippen molar-refractivity contribution in [1.82, 2.24) is 72.0 Å². The number of hydrogen-bond acceptors (Lipinski definition) is 19. The first-order valence-corrected chi connectivity index (χ1v) is 43.1. The van der Waals surface area contributed by atoms with Gasteiger partial charge in [0, 0.05) is 128 Å². The van der Waals surface area contributed by atoms with Crippen LogP contribution in [0.5, 0.6) is 0 Å². The average Bonchev–Trinajstić information content (AvgIpc) is 1.63. The van der Waals surface area contributed by atoms with Crippen LogP contribution >= 0.6 is 0 Å². The van der Waals surface area contributed by atoms with Gasteiger partial charge in [0.25, 0.3) is 5.82 Å². The molecule has 15 N–H and O–H groups in total. The molecule has 6 saturated heterocycles. The quantitative estimate of drug-likeness (QED) is 0.0206. The molecule has 0 spiro atoms. The van der Waals surface area contributed by atoms with Crippen molar-refractivity contribution in [1.29, 1.82) is 0 Å². The van der Waals surface area contributed by atoms with Gasteiger partial charge in [0.2, 0.25) is 0 Å². The predicted molar refractivity (Wildman–Crippen MR) is 526 cm³/mol. The molecule has 12 aromatic rings. The fourth-order valence-corrected chi connectivity index (χ4v) is 17.4. The Bertz CT molecular complexity index is 5190. The largest absolute Gasteiger partial charge is 0.394 e. The molecule has 12 aromatic heterocycles. The van der Waals surface area contributed by atoms with E-state index in [1.165, 1.54) is 119 Å². The van der Waals surface area contributed by atoms with Crippen LogP contribution in [0.3, 0.4) is 0 Å². The maximum Gasteiger partial charge on any atom is 0.270 e. The van der Waals surface area contributed by atoms with Gasteiger partial charge >= 0.3 is 0 Å². The Hall–Kier alpha value is -10.4. The standard InChI is InChI=1S/C17H29N6.C16H26N5.C15H25N6.C14H22N5.C13H20N5.C12H17N4.6CH3/c1-3-12-23(2)13-10-21(11-14-23)9-7-19-17-16(18)15-6-4-5-8-22(15)20-17;1-21(11-5-2-6-12-21)13-7-9-18-16-15(17)14-8-3-4-10-20(14)19-16;1-21(2)11-9-19(10-12-21)8-6-17-15-14(16)13-5-3-4-7-20(13)18-15;1-19(2,3)11-7-9-17(10-11)14-13(15)12-6-4-5-8-18(12)16-14;1-18(2)9-7-16(8-10-18)13-12(14)11-5-3-4-6-17(11)15-13;1-16(8-4-5-9-16)12-11(13)10-6-2-3-7-15(10)14-12;;;;;;/h4-6,8H,3,7,9-14,18H2,1-2H3,(H,19,20);3-4,8,10H,2,5-7,9,11-13,17H2,1H3,(H,18,19);3-5,7H,6,8-12,16H2,1-2H3,(H,17,18);4-6,8,11H,7,9-10,15H2,1-3H3;3-6H,7-10,14H2,1-2H3;2-3,6-7H,4-5,8-9,13H2,1H3;6*1H3/q6*+1;6*-1. The molecule has 6 aliphatic heterocycles. The van der Waals surface area contributed by atoms with Crippen LogP contribution in [0.1, 0.15) is 58.3 Å². The van der Waals surface area contributed by atoms with Crippen LogP contribution < -0.4 is 64.6 Å². The number of anilines is 11. The van der Waals surface area contributed by atoms with Crippen molar-refractivity contribution in [2.45, 2.75) is 64.3 Å². The molecule has 0 bridgehead atoms. The zero-order chi connectivity index (χ0) is 83.4. The van der Waals surface area contributed by atoms with Gasteiger partial charge < -0.3 is 127 Å². The van der Waals surface area contributed by atoms with Crippen LogP contribution in [0.25, 0.3) is 33.1 Å². The zero-order valence-corrected chi connectivity index (χ0v) is 78.6. The van der Waals surface area contributed by atoms with E-state index >= 15 is 0 Å². The number of nitrogens with zero attached hydrogens (tertiary/aromatic N) is 22. The molecule has 0 aromatic carbocycles. The highest BCUT2D eigenvalue weighted by atomic mass is 15.5. The molecular weight excluding hydrogens is 1550 g/mol. The lowest BCUT2D eigenvalue weighted by Gasteiger charge is -2.42. The molecule has 124 heavy (non-hydrogen) atoms. The van der Waals surface area contributed by atoms with Crippen molar-refractivity contribution in [3.05, 3.63) is 191 Å². The van der Waals surface area contributed by atoms with Gasteiger partial charge in [-0.3, -0.25) is 14.3 Å². The summed E-state index contributed by atoms with van der Waals surface area (Å²) in [5.74, 6) is 5.28. The number of likely N-dealkylation sites (N-methyl/N-ethyl adjacent to an activating group) is 4. The molecular formula is C93H157N31. The van der Waals surface area contributed by atoms with E-state index in [9.17, 15) is 0 Å². The molecule has 1 atom stereocenters. The lowest BCUT2D eigenvalue weighted by molar-refractivity contribution is -0.914. The van der Waals surface area contributed by atoms with Gasteiger partial charge in [-0.15, -0.1) is 30.6 Å². The maximum absolute atomic E-state index is 6.24. The number of aromatic nitrogens is 12. The number of likely N-dealkylation sites (tertiary alicyclic amines) is 2. The van der Waals surface area contributed by atoms with Crippen molar-refractivity contribution in [3.8, 4) is 0 Å². The van der Waals surface area contributed by atoms with Gasteiger partial charge in [0.15, 0.2) is 29.1 Å². The second-order valence-electron chi connectivity index (χ2n) is 36.4. The molecule has 1 unspecified atom stereocenters. The van der Waals surface area contributed by atoms with E-state index in [1.54, 1.807) is 0 Å². The number of piperidine rings is 1. The Morgan fingerprint density at radius 1 is 0.363 bits per heavy atom. The van der Waals surface area contributed by atoms with Crippen LogP contribution in [0.2, 0.25) is 0 Å². The van der Waals surface area contributed by atoms with Crippen LogP contribution in [0.15, 0.2) is 146 Å². The van der Waals surface area contributed by atoms with Crippen LogP contribution in [-0.2, 0) is 0 Å². The number of nitrogens with one attached hydrogen (secondary N) is 3. The van der Waals surface area contributed by atoms with Crippen LogP contribution in [0.4, 0.5) is 69.0 Å². The molecule has 0 amide bonds. The zero-order valence-electron chi connectivity index (χ0n) is 78.6. The van der Waals surface area contributed by atoms with E-state index < -0.39 is 0 Å². The van der Waals surface area contributed by atoms with Crippen molar-refractivity contribution in [2.75, 3.05) is 294 Å². The van der Waals surface area contributed by atoms with Crippen molar-refractivity contribution < 1.29 is 22.4 Å². The fourth-order valence-electron chi connectivity index (χ4n) is 17.4. The van der Waals surface area contributed by atoms with E-state index in [1.807, 2.05) is 173 Å². The Morgan fingerprint density at radius 2 is 0.702 bits per heavy atom. The van der Waals surface area contributed by atoms with Gasteiger partial charge in [-0.2, -0.15) is 0 Å². The van der Waals surface area contributed by atoms with Crippen molar-refractivity contribution >= 4 is 102 Å². The summed E-state index contributed by atoms with van der Waals surface area (Å²) in [7, 11) is 22.9. The van der Waals surface area contributed by atoms with E-state index in [0.29, 0.717) is 6.04 Å². The minimum atomic E-state index is 0. The van der Waals surface area contributed by atoms with Gasteiger partial charge in [-0.25, -0.2) is 27.1 Å². The first-order valence-electron chi connectivity index (χ1n) is 43.1. The predicted octanol–water partition coefficient (Wildman–Crippen LogP) is 10.9. The molecule has 18 rings (SSSR count). The molecule has 0 aliphatic carbocycles. The highest BCUT2D eigenvalue weighted by Crippen LogP contribution is 2.36. The third-order valence-corrected chi connectivity index (χ3v) is 25.5. The molecule has 18 heterocycles. The lowest BCUT2D eigenvalue weighted by Crippen LogP contribution is -2.57. The minimum absolute atomic E-state index is 0. The highest BCUT2D eigenvalue weighted by molar-refractivity contribution is 5.85. The van der Waals surface area contributed by atoms with E-state index in [4.69, 9.17) is 34.4 Å². The summed E-state index contributed by atoms with van der Waals surface area (Å²) in [4.78, 5) is 9.65. The van der Waals surface area contributed by atoms with Gasteiger partial charge in [0.1, 0.15) is 40.2 Å². The summed E-state index contributed by atoms with van der Waals surface area (Å²) >= 11 is 0. The number of pyridine rings is 6. The van der Waals surface area contributed by atoms with Crippen LogP contribution in [-0.4, -0.2) is 330 Å². The summed E-state index contributed by atoms with van der Waals surface area (Å²) in [6.07, 6.45) is 21.9. The van der Waals surface area contributed by atoms with E-state index in [0.717, 1.165) is 225 Å². The second kappa shape index (κ2) is 44.0. The maximum atomic E-state index is 6.24. The summed E-state index contributed by atoms with van der Waals surface area (Å²) in [6, 6.07) is 36.4. The first kappa shape index (κ1) is 101. The number of nitrogen functional groups attached to an aromatic ring is 6. The number of hydrogen-bond donors (Lipinski definition) is 9. The van der Waals surface area contributed by atoms with Crippen molar-refractivity contribution in [3.63, 3.8) is 0 Å². The smallest absolute Gasteiger partial charge is 0.270 e. The Kier molecular flexibility index (Phi) is 35.7. The number of fused-ring (bicyclic) bond motifs is 6. The number of nitrogens with two attached hydrogens (primary N) is 6. The third kappa shape index (κ3) is 24.6. The van der Waals surface area contributed by atoms with Crippen molar-refractivity contribution in [2.24, 2.45) is 0 Å². The van der Waals surface area contributed by atoms with Gasteiger partial charge in [-0.05, 0) is 98.5 Å². The van der Waals surface area contributed by atoms with E-state index in [-0.39, 0.29) is 44.6 Å². The highest BCUT2D eigenvalue weighted by Gasteiger charge is 2.37. The second-order valence-corrected chi connectivity index (χ2v) is 36.4. The number of piperazine rings is 3. The van der Waals surface area contributed by atoms with Gasteiger partial charge in [0.05, 0.1) is 202 Å². The molecule has 31 nitrogen and oxygen atoms in total. The SMILES string of the molecule is CCC[N+]1(C)CCN(CCNc2nn3ccccc3c2N)CC1.C[N+](C)(C)C1CCN(c2nn3ccccc3c2N)C1.C[N+]1(C)CCN(CCNc2nn3ccccc3c2N)CC1.C[N+]1(C)CCN(c2nn3ccccc3c2N)CC1.C[N+]1(CCCNc2nn3ccccc3c2N)CCCCC1.C[N+]1(c2nn3ccccc3c2N)CCCC1.[CH3-].[CH3-].[CH3-].[CH3-].[CH3-].[CH3-]. The number of quaternary nitrogens is 6. The summed E-state index contributed by atoms with van der Waals surface area (Å²) < 4.78 is 17.6. The van der Waals surface area contributed by atoms with E-state index in [2.05, 4.69) is 144 Å². The minimum Gasteiger partial charge on any atom is -0.394 e.